The predicted octanol–water partition coefficient (Wildman–Crippen LogP) is 2.65. The number of ether oxygens (including phenoxy) is 2. The van der Waals surface area contributed by atoms with Crippen LogP contribution in [0.4, 0.5) is 4.79 Å². The third-order valence-electron chi connectivity index (χ3n) is 3.03. The molecule has 1 rings (SSSR count). The molecule has 0 unspecified atom stereocenters. The van der Waals surface area contributed by atoms with Crippen LogP contribution in [0.1, 0.15) is 31.9 Å². The van der Waals surface area contributed by atoms with Crippen LogP contribution in [-0.2, 0) is 6.42 Å². The van der Waals surface area contributed by atoms with Gasteiger partial charge in [0.15, 0.2) is 0 Å². The van der Waals surface area contributed by atoms with Gasteiger partial charge in [0.1, 0.15) is 11.5 Å². The van der Waals surface area contributed by atoms with E-state index in [1.165, 1.54) is 0 Å². The number of carbonyl (C=O) groups is 1. The van der Waals surface area contributed by atoms with Gasteiger partial charge in [-0.3, -0.25) is 0 Å². The van der Waals surface area contributed by atoms with Crippen molar-refractivity contribution in [3.05, 3.63) is 23.3 Å². The number of hydrogen-bond donors (Lipinski definition) is 2. The Bertz CT molecular complexity index is 493. The number of urea groups is 1. The molecule has 0 atom stereocenters. The molecule has 0 fully saturated rings. The molecule has 21 heavy (non-hydrogen) atoms. The summed E-state index contributed by atoms with van der Waals surface area (Å²) in [6.45, 7) is 8.35. The second-order valence-corrected chi connectivity index (χ2v) is 5.97. The highest BCUT2D eigenvalue weighted by Gasteiger charge is 2.14. The summed E-state index contributed by atoms with van der Waals surface area (Å²) in [6, 6.07) is 3.72. The molecule has 2 N–H and O–H groups in total. The molecular formula is C16H26N2O3. The topological polar surface area (TPSA) is 59.6 Å². The third kappa shape index (κ3) is 5.17. The molecule has 0 heterocycles. The minimum Gasteiger partial charge on any atom is -0.496 e. The quantitative estimate of drug-likeness (QED) is 0.877. The van der Waals surface area contributed by atoms with Gasteiger partial charge in [-0.05, 0) is 45.7 Å². The monoisotopic (exact) mass is 294 g/mol. The Morgan fingerprint density at radius 3 is 2.38 bits per heavy atom. The van der Waals surface area contributed by atoms with Crippen molar-refractivity contribution in [1.29, 1.82) is 0 Å². The summed E-state index contributed by atoms with van der Waals surface area (Å²) in [5, 5.41) is 5.71. The van der Waals surface area contributed by atoms with Gasteiger partial charge in [-0.15, -0.1) is 0 Å². The van der Waals surface area contributed by atoms with Crippen LogP contribution < -0.4 is 20.1 Å². The van der Waals surface area contributed by atoms with E-state index in [9.17, 15) is 4.79 Å². The molecule has 0 radical (unpaired) electrons. The molecule has 0 saturated heterocycles. The summed E-state index contributed by atoms with van der Waals surface area (Å²) in [5.74, 6) is 1.61. The van der Waals surface area contributed by atoms with Crippen molar-refractivity contribution in [2.75, 3.05) is 20.8 Å². The molecule has 2 amide bonds. The number of nitrogens with one attached hydrogen (secondary N) is 2. The van der Waals surface area contributed by atoms with Gasteiger partial charge < -0.3 is 20.1 Å². The lowest BCUT2D eigenvalue weighted by atomic mass is 10.1. The van der Waals surface area contributed by atoms with E-state index in [-0.39, 0.29) is 11.6 Å². The molecule has 0 aliphatic heterocycles. The van der Waals surface area contributed by atoms with Crippen LogP contribution in [0.3, 0.4) is 0 Å². The largest absolute Gasteiger partial charge is 0.496 e. The molecule has 0 saturated carbocycles. The Balaban J connectivity index is 2.64. The standard InChI is InChI=1S/C16H26N2O3/c1-11-13(20-5)8-7-12(14(11)21-6)9-10-17-15(19)18-16(2,3)4/h7-8H,9-10H2,1-6H3,(H2,17,18,19). The van der Waals surface area contributed by atoms with Crippen LogP contribution in [0, 0.1) is 6.92 Å². The maximum atomic E-state index is 11.7. The maximum absolute atomic E-state index is 11.7. The molecule has 0 aliphatic rings. The Labute approximate surface area is 127 Å². The summed E-state index contributed by atoms with van der Waals surface area (Å²) in [5.41, 5.74) is 1.78. The maximum Gasteiger partial charge on any atom is 0.315 e. The highest BCUT2D eigenvalue weighted by Crippen LogP contribution is 2.31. The predicted molar refractivity (Wildman–Crippen MR) is 84.3 cm³/mol. The number of methoxy groups -OCH3 is 2. The zero-order valence-electron chi connectivity index (χ0n) is 13.8. The number of rotatable bonds is 5. The zero-order valence-corrected chi connectivity index (χ0v) is 13.8. The molecule has 0 bridgehead atoms. The summed E-state index contributed by atoms with van der Waals surface area (Å²) in [6.07, 6.45) is 0.700. The van der Waals surface area contributed by atoms with Crippen LogP contribution >= 0.6 is 0 Å². The molecule has 5 nitrogen and oxygen atoms in total. The number of benzene rings is 1. The molecule has 0 aromatic heterocycles. The van der Waals surface area contributed by atoms with Gasteiger partial charge in [0, 0.05) is 17.6 Å². The Morgan fingerprint density at radius 1 is 1.19 bits per heavy atom. The van der Waals surface area contributed by atoms with Crippen LogP contribution in [-0.4, -0.2) is 32.3 Å². The fourth-order valence-electron chi connectivity index (χ4n) is 2.13. The second kappa shape index (κ2) is 7.20. The normalized spacial score (nSPS) is 11.0. The minimum absolute atomic E-state index is 0.160. The number of hydrogen-bond acceptors (Lipinski definition) is 3. The van der Waals surface area contributed by atoms with E-state index in [4.69, 9.17) is 9.47 Å². The van der Waals surface area contributed by atoms with E-state index in [0.717, 1.165) is 22.6 Å². The van der Waals surface area contributed by atoms with Gasteiger partial charge in [-0.2, -0.15) is 0 Å². The summed E-state index contributed by atoms with van der Waals surface area (Å²) in [4.78, 5) is 11.7. The third-order valence-corrected chi connectivity index (χ3v) is 3.03. The summed E-state index contributed by atoms with van der Waals surface area (Å²) in [7, 11) is 3.28. The fourth-order valence-corrected chi connectivity index (χ4v) is 2.13. The van der Waals surface area contributed by atoms with Crippen LogP contribution in [0.5, 0.6) is 11.5 Å². The van der Waals surface area contributed by atoms with Gasteiger partial charge >= 0.3 is 6.03 Å². The summed E-state index contributed by atoms with van der Waals surface area (Å²) >= 11 is 0. The van der Waals surface area contributed by atoms with Crippen molar-refractivity contribution in [2.45, 2.75) is 39.7 Å². The van der Waals surface area contributed by atoms with Crippen LogP contribution in [0.25, 0.3) is 0 Å². The van der Waals surface area contributed by atoms with Crippen molar-refractivity contribution in [3.8, 4) is 11.5 Å². The Kier molecular flexibility index (Phi) is 5.88. The number of amides is 2. The first-order chi connectivity index (χ1) is 9.78. The molecule has 0 aliphatic carbocycles. The lowest BCUT2D eigenvalue weighted by Gasteiger charge is -2.21. The van der Waals surface area contributed by atoms with Crippen molar-refractivity contribution in [1.82, 2.24) is 10.6 Å². The van der Waals surface area contributed by atoms with Crippen molar-refractivity contribution in [3.63, 3.8) is 0 Å². The average Bonchev–Trinajstić information content (AvgIpc) is 2.37. The molecule has 0 spiro atoms. The van der Waals surface area contributed by atoms with E-state index < -0.39 is 0 Å². The van der Waals surface area contributed by atoms with Gasteiger partial charge in [0.05, 0.1) is 14.2 Å². The molecule has 1 aromatic carbocycles. The lowest BCUT2D eigenvalue weighted by molar-refractivity contribution is 0.232. The molecule has 5 heteroatoms. The van der Waals surface area contributed by atoms with Gasteiger partial charge in [0.25, 0.3) is 0 Å². The van der Waals surface area contributed by atoms with Crippen molar-refractivity contribution >= 4 is 6.03 Å². The average molecular weight is 294 g/mol. The summed E-state index contributed by atoms with van der Waals surface area (Å²) < 4.78 is 10.7. The first-order valence-corrected chi connectivity index (χ1v) is 7.05. The minimum atomic E-state index is -0.238. The van der Waals surface area contributed by atoms with Crippen molar-refractivity contribution in [2.24, 2.45) is 0 Å². The van der Waals surface area contributed by atoms with Gasteiger partial charge in [0.2, 0.25) is 0 Å². The van der Waals surface area contributed by atoms with E-state index >= 15 is 0 Å². The first kappa shape index (κ1) is 17.1. The second-order valence-electron chi connectivity index (χ2n) is 5.97. The molecular weight excluding hydrogens is 268 g/mol. The van der Waals surface area contributed by atoms with E-state index in [1.54, 1.807) is 14.2 Å². The van der Waals surface area contributed by atoms with Crippen molar-refractivity contribution < 1.29 is 14.3 Å². The highest BCUT2D eigenvalue weighted by atomic mass is 16.5. The van der Waals surface area contributed by atoms with Crippen LogP contribution in [0.2, 0.25) is 0 Å². The fraction of sp³-hybridized carbons (Fsp3) is 0.562. The SMILES string of the molecule is COc1ccc(CCNC(=O)NC(C)(C)C)c(OC)c1C. The van der Waals surface area contributed by atoms with Crippen LogP contribution in [0.15, 0.2) is 12.1 Å². The zero-order chi connectivity index (χ0) is 16.0. The first-order valence-electron chi connectivity index (χ1n) is 7.05. The lowest BCUT2D eigenvalue weighted by Crippen LogP contribution is -2.46. The Hall–Kier alpha value is -1.91. The molecule has 118 valence electrons. The van der Waals surface area contributed by atoms with E-state index in [0.29, 0.717) is 13.0 Å². The number of carbonyl (C=O) groups excluding carboxylic acids is 1. The van der Waals surface area contributed by atoms with Gasteiger partial charge in [-0.25, -0.2) is 4.79 Å². The Morgan fingerprint density at radius 2 is 1.86 bits per heavy atom. The molecule has 1 aromatic rings. The van der Waals surface area contributed by atoms with E-state index in [2.05, 4.69) is 10.6 Å². The smallest absolute Gasteiger partial charge is 0.315 e. The van der Waals surface area contributed by atoms with Gasteiger partial charge in [-0.1, -0.05) is 6.07 Å². The van der Waals surface area contributed by atoms with E-state index in [1.807, 2.05) is 39.8 Å². The highest BCUT2D eigenvalue weighted by molar-refractivity contribution is 5.74.